The van der Waals surface area contributed by atoms with Crippen LogP contribution in [-0.4, -0.2) is 36.8 Å². The van der Waals surface area contributed by atoms with E-state index in [1.165, 1.54) is 4.31 Å². The Balaban J connectivity index is 1.99. The molecule has 0 amide bonds. The fourth-order valence-electron chi connectivity index (χ4n) is 2.28. The molecule has 0 aliphatic carbocycles. The molecule has 0 N–H and O–H groups in total. The van der Waals surface area contributed by atoms with E-state index in [0.29, 0.717) is 4.90 Å². The summed E-state index contributed by atoms with van der Waals surface area (Å²) < 4.78 is 26.6. The van der Waals surface area contributed by atoms with Crippen LogP contribution in [0.3, 0.4) is 0 Å². The topological polar surface area (TPSA) is 40.4 Å². The zero-order chi connectivity index (χ0) is 12.9. The van der Waals surface area contributed by atoms with E-state index in [1.807, 2.05) is 26.0 Å². The summed E-state index contributed by atoms with van der Waals surface area (Å²) in [6.07, 6.45) is 1.77. The second-order valence-electron chi connectivity index (χ2n) is 5.00. The van der Waals surface area contributed by atoms with E-state index in [1.54, 1.807) is 18.3 Å². The van der Waals surface area contributed by atoms with Gasteiger partial charge in [0.15, 0.2) is 0 Å². The highest BCUT2D eigenvalue weighted by Crippen LogP contribution is 2.32. The molecule has 1 aromatic carbocycles. The minimum absolute atomic E-state index is 0.0115. The molecule has 1 atom stereocenters. The van der Waals surface area contributed by atoms with E-state index in [-0.39, 0.29) is 6.04 Å². The van der Waals surface area contributed by atoms with Gasteiger partial charge in [-0.25, -0.2) is 8.42 Å². The Morgan fingerprint density at radius 3 is 2.56 bits per heavy atom. The monoisotopic (exact) mass is 264 g/mol. The Kier molecular flexibility index (Phi) is 2.41. The number of sulfonamides is 1. The predicted molar refractivity (Wildman–Crippen MR) is 69.3 cm³/mol. The van der Waals surface area contributed by atoms with Gasteiger partial charge in [-0.3, -0.25) is 4.31 Å². The molecule has 0 saturated carbocycles. The number of rotatable bonds is 2. The third kappa shape index (κ3) is 1.79. The third-order valence-corrected chi connectivity index (χ3v) is 5.34. The lowest BCUT2D eigenvalue weighted by molar-refractivity contribution is 0.347. The van der Waals surface area contributed by atoms with Gasteiger partial charge in [0.05, 0.1) is 23.2 Å². The van der Waals surface area contributed by atoms with Crippen molar-refractivity contribution in [3.63, 3.8) is 0 Å². The molecule has 5 heteroatoms. The van der Waals surface area contributed by atoms with E-state index in [0.717, 1.165) is 24.4 Å². The van der Waals surface area contributed by atoms with Crippen LogP contribution >= 0.6 is 0 Å². The van der Waals surface area contributed by atoms with Gasteiger partial charge in [-0.05, 0) is 26.0 Å². The molecule has 2 aliphatic heterocycles. The molecule has 0 bridgehead atoms. The van der Waals surface area contributed by atoms with Crippen LogP contribution in [0.5, 0.6) is 0 Å². The van der Waals surface area contributed by atoms with Crippen LogP contribution in [-0.2, 0) is 10.0 Å². The maximum Gasteiger partial charge on any atom is 0.264 e. The summed E-state index contributed by atoms with van der Waals surface area (Å²) >= 11 is 0. The first-order valence-electron chi connectivity index (χ1n) is 6.04. The Hall–Kier alpha value is -1.49. The van der Waals surface area contributed by atoms with Crippen LogP contribution in [0, 0.1) is 6.92 Å². The molecule has 1 saturated heterocycles. The molecule has 18 heavy (non-hydrogen) atoms. The van der Waals surface area contributed by atoms with Gasteiger partial charge >= 0.3 is 0 Å². The van der Waals surface area contributed by atoms with Crippen LogP contribution < -0.4 is 0 Å². The van der Waals surface area contributed by atoms with Crippen molar-refractivity contribution in [2.24, 2.45) is 0 Å². The van der Waals surface area contributed by atoms with Crippen molar-refractivity contribution in [1.82, 2.24) is 9.21 Å². The van der Waals surface area contributed by atoms with Crippen LogP contribution in [0.15, 0.2) is 41.1 Å². The first-order chi connectivity index (χ1) is 8.48. The number of fused-ring (bicyclic) bond motifs is 1. The van der Waals surface area contributed by atoms with Crippen molar-refractivity contribution in [2.45, 2.75) is 24.8 Å². The average molecular weight is 264 g/mol. The van der Waals surface area contributed by atoms with Gasteiger partial charge in [0.1, 0.15) is 0 Å². The van der Waals surface area contributed by atoms with E-state index < -0.39 is 10.0 Å². The molecule has 1 unspecified atom stereocenters. The van der Waals surface area contributed by atoms with E-state index in [4.69, 9.17) is 0 Å². The zero-order valence-electron chi connectivity index (χ0n) is 10.5. The summed E-state index contributed by atoms with van der Waals surface area (Å²) in [5.41, 5.74) is 2.18. The average Bonchev–Trinajstić information content (AvgIpc) is 3.06. The molecule has 1 aromatic rings. The molecular formula is C13H16N2O2S. The fourth-order valence-corrected chi connectivity index (χ4v) is 3.80. The third-order valence-electron chi connectivity index (χ3n) is 3.45. The maximum atomic E-state index is 12.5. The lowest BCUT2D eigenvalue weighted by atomic mass is 10.2. The van der Waals surface area contributed by atoms with Gasteiger partial charge in [-0.2, -0.15) is 0 Å². The first kappa shape index (κ1) is 11.6. The van der Waals surface area contributed by atoms with E-state index in [9.17, 15) is 8.42 Å². The number of benzene rings is 1. The number of hydrogen-bond donors (Lipinski definition) is 0. The van der Waals surface area contributed by atoms with E-state index in [2.05, 4.69) is 4.90 Å². The number of hydrogen-bond acceptors (Lipinski definition) is 3. The highest BCUT2D eigenvalue weighted by Gasteiger charge is 2.38. The molecule has 2 heterocycles. The van der Waals surface area contributed by atoms with Crippen molar-refractivity contribution in [2.75, 3.05) is 13.1 Å². The van der Waals surface area contributed by atoms with Gasteiger partial charge in [-0.1, -0.05) is 17.7 Å². The van der Waals surface area contributed by atoms with Crippen molar-refractivity contribution < 1.29 is 8.42 Å². The Bertz CT molecular complexity index is 604. The Morgan fingerprint density at radius 2 is 1.89 bits per heavy atom. The van der Waals surface area contributed by atoms with Gasteiger partial charge in [0.2, 0.25) is 0 Å². The quantitative estimate of drug-likeness (QED) is 0.761. The van der Waals surface area contributed by atoms with Crippen molar-refractivity contribution in [1.29, 1.82) is 0 Å². The van der Waals surface area contributed by atoms with Gasteiger partial charge < -0.3 is 4.90 Å². The van der Waals surface area contributed by atoms with Crippen molar-refractivity contribution >= 4 is 10.0 Å². The highest BCUT2D eigenvalue weighted by atomic mass is 32.2. The Morgan fingerprint density at radius 1 is 1.22 bits per heavy atom. The maximum absolute atomic E-state index is 12.5. The van der Waals surface area contributed by atoms with Crippen molar-refractivity contribution in [3.05, 3.63) is 41.7 Å². The fraction of sp³-hybridized carbons (Fsp3) is 0.385. The molecule has 0 spiro atoms. The molecule has 1 fully saturated rings. The standard InChI is InChI=1S/C13H16N2O2S/c1-10-3-5-13(6-4-10)18(16,17)15-9-12-8-14(12)7-11(15)2/h3-6,9,11H,7-8H2,1-2H3. The van der Waals surface area contributed by atoms with Crippen LogP contribution in [0.1, 0.15) is 12.5 Å². The zero-order valence-corrected chi connectivity index (χ0v) is 11.3. The van der Waals surface area contributed by atoms with E-state index >= 15 is 0 Å². The first-order valence-corrected chi connectivity index (χ1v) is 7.48. The Labute approximate surface area is 108 Å². The number of nitrogens with zero attached hydrogens (tertiary/aromatic N) is 2. The summed E-state index contributed by atoms with van der Waals surface area (Å²) in [5, 5.41) is 0. The summed E-state index contributed by atoms with van der Waals surface area (Å²) in [4.78, 5) is 2.55. The molecule has 96 valence electrons. The molecule has 0 radical (unpaired) electrons. The van der Waals surface area contributed by atoms with Crippen LogP contribution in [0.4, 0.5) is 0 Å². The molecule has 0 aromatic heterocycles. The second kappa shape index (κ2) is 3.75. The van der Waals surface area contributed by atoms with Gasteiger partial charge in [0, 0.05) is 12.7 Å². The smallest absolute Gasteiger partial charge is 0.264 e. The van der Waals surface area contributed by atoms with Crippen LogP contribution in [0.25, 0.3) is 0 Å². The lowest BCUT2D eigenvalue weighted by Gasteiger charge is -2.30. The van der Waals surface area contributed by atoms with Gasteiger partial charge in [0.25, 0.3) is 10.0 Å². The normalized spacial score (nSPS) is 22.6. The molecule has 3 rings (SSSR count). The summed E-state index contributed by atoms with van der Waals surface area (Å²) in [6.45, 7) is 5.59. The van der Waals surface area contributed by atoms with Gasteiger partial charge in [-0.15, -0.1) is 0 Å². The van der Waals surface area contributed by atoms with Crippen molar-refractivity contribution in [3.8, 4) is 0 Å². The summed E-state index contributed by atoms with van der Waals surface area (Å²) in [6, 6.07) is 7.00. The lowest BCUT2D eigenvalue weighted by Crippen LogP contribution is -2.40. The summed E-state index contributed by atoms with van der Waals surface area (Å²) in [5.74, 6) is 0. The molecule has 4 nitrogen and oxygen atoms in total. The minimum atomic E-state index is -3.40. The SMILES string of the molecule is Cc1ccc(S(=O)(=O)N2C=C3CN3CC2C)cc1. The molecule has 2 aliphatic rings. The van der Waals surface area contributed by atoms with Crippen LogP contribution in [0.2, 0.25) is 0 Å². The predicted octanol–water partition coefficient (Wildman–Crippen LogP) is 1.54. The summed E-state index contributed by atoms with van der Waals surface area (Å²) in [7, 11) is -3.40. The second-order valence-corrected chi connectivity index (χ2v) is 6.84. The molecular weight excluding hydrogens is 248 g/mol. The number of aryl methyl sites for hydroxylation is 1. The highest BCUT2D eigenvalue weighted by molar-refractivity contribution is 7.89. The largest absolute Gasteiger partial charge is 0.364 e. The minimum Gasteiger partial charge on any atom is -0.364 e.